The van der Waals surface area contributed by atoms with E-state index < -0.39 is 0 Å². The summed E-state index contributed by atoms with van der Waals surface area (Å²) in [6.07, 6.45) is 3.58. The summed E-state index contributed by atoms with van der Waals surface area (Å²) in [7, 11) is 0. The minimum absolute atomic E-state index is 0.155. The summed E-state index contributed by atoms with van der Waals surface area (Å²) in [6, 6.07) is 5.18. The monoisotopic (exact) mass is 266 g/mol. The minimum Gasteiger partial charge on any atom is -0.369 e. The first-order chi connectivity index (χ1) is 8.97. The molecule has 3 heteroatoms. The van der Waals surface area contributed by atoms with Gasteiger partial charge >= 0.3 is 0 Å². The lowest BCUT2D eigenvalue weighted by molar-refractivity contribution is 0.607. The average molecular weight is 266 g/mol. The van der Waals surface area contributed by atoms with E-state index in [2.05, 4.69) is 25.7 Å². The molecule has 0 aliphatic rings. The van der Waals surface area contributed by atoms with E-state index in [0.29, 0.717) is 6.04 Å². The largest absolute Gasteiger partial charge is 0.369 e. The third-order valence-electron chi connectivity index (χ3n) is 3.42. The predicted octanol–water partition coefficient (Wildman–Crippen LogP) is 4.25. The average Bonchev–Trinajstić information content (AvgIpc) is 2.35. The lowest BCUT2D eigenvalue weighted by Gasteiger charge is -2.32. The maximum atomic E-state index is 13.4. The summed E-state index contributed by atoms with van der Waals surface area (Å²) in [5.74, 6) is -0.215. The van der Waals surface area contributed by atoms with Gasteiger partial charge in [-0.15, -0.1) is 0 Å². The molecule has 1 aromatic carbocycles. The molecule has 1 aromatic rings. The number of hydrogen-bond donors (Lipinski definition) is 1. The predicted molar refractivity (Wildman–Crippen MR) is 81.0 cm³/mol. The molecule has 0 bridgehead atoms. The fourth-order valence-electron chi connectivity index (χ4n) is 2.34. The van der Waals surface area contributed by atoms with Gasteiger partial charge in [0.25, 0.3) is 0 Å². The van der Waals surface area contributed by atoms with Gasteiger partial charge in [0.2, 0.25) is 0 Å². The zero-order chi connectivity index (χ0) is 14.4. The van der Waals surface area contributed by atoms with Crippen LogP contribution in [0.5, 0.6) is 0 Å². The molecule has 0 spiro atoms. The Morgan fingerprint density at radius 2 is 1.89 bits per heavy atom. The Balaban J connectivity index is 3.01. The van der Waals surface area contributed by atoms with Crippen LogP contribution in [0.15, 0.2) is 18.2 Å². The third kappa shape index (κ3) is 4.50. The molecule has 19 heavy (non-hydrogen) atoms. The summed E-state index contributed by atoms with van der Waals surface area (Å²) >= 11 is 0. The molecular formula is C16H27FN2. The van der Waals surface area contributed by atoms with Crippen LogP contribution in [0, 0.1) is 5.82 Å². The van der Waals surface area contributed by atoms with Crippen molar-refractivity contribution in [2.45, 2.75) is 59.0 Å². The van der Waals surface area contributed by atoms with Crippen LogP contribution >= 0.6 is 0 Å². The molecule has 0 fully saturated rings. The first kappa shape index (κ1) is 16.0. The van der Waals surface area contributed by atoms with Crippen molar-refractivity contribution in [2.75, 3.05) is 11.4 Å². The van der Waals surface area contributed by atoms with E-state index in [9.17, 15) is 4.39 Å². The van der Waals surface area contributed by atoms with Crippen LogP contribution in [0.1, 0.15) is 58.6 Å². The zero-order valence-electron chi connectivity index (χ0n) is 12.6. The molecule has 1 atom stereocenters. The summed E-state index contributed by atoms with van der Waals surface area (Å²) in [4.78, 5) is 2.33. The van der Waals surface area contributed by atoms with Crippen LogP contribution in [0.4, 0.5) is 10.1 Å². The highest BCUT2D eigenvalue weighted by molar-refractivity contribution is 5.55. The normalized spacial score (nSPS) is 12.8. The summed E-state index contributed by atoms with van der Waals surface area (Å²) < 4.78 is 13.4. The SMILES string of the molecule is CCCCCN(c1ccc(F)cc1[C@@H](C)N)C(C)C. The van der Waals surface area contributed by atoms with Crippen LogP contribution in [0.2, 0.25) is 0 Å². The van der Waals surface area contributed by atoms with E-state index in [4.69, 9.17) is 5.73 Å². The highest BCUT2D eigenvalue weighted by Gasteiger charge is 2.16. The van der Waals surface area contributed by atoms with E-state index in [-0.39, 0.29) is 11.9 Å². The Labute approximate surface area is 116 Å². The van der Waals surface area contributed by atoms with Gasteiger partial charge < -0.3 is 10.6 Å². The molecule has 0 amide bonds. The quantitative estimate of drug-likeness (QED) is 0.747. The molecule has 0 radical (unpaired) electrons. The van der Waals surface area contributed by atoms with Gasteiger partial charge in [-0.3, -0.25) is 0 Å². The number of rotatable bonds is 7. The van der Waals surface area contributed by atoms with Crippen LogP contribution in [-0.4, -0.2) is 12.6 Å². The van der Waals surface area contributed by atoms with Gasteiger partial charge in [0.1, 0.15) is 5.82 Å². The molecule has 0 aliphatic carbocycles. The topological polar surface area (TPSA) is 29.3 Å². The van der Waals surface area contributed by atoms with E-state index >= 15 is 0 Å². The molecule has 2 N–H and O–H groups in total. The van der Waals surface area contributed by atoms with Crippen LogP contribution < -0.4 is 10.6 Å². The van der Waals surface area contributed by atoms with Gasteiger partial charge in [-0.05, 0) is 51.0 Å². The van der Waals surface area contributed by atoms with Gasteiger partial charge in [0.05, 0.1) is 0 Å². The lowest BCUT2D eigenvalue weighted by atomic mass is 10.0. The second-order valence-corrected chi connectivity index (χ2v) is 5.49. The van der Waals surface area contributed by atoms with Crippen molar-refractivity contribution >= 4 is 5.69 Å². The number of nitrogens with two attached hydrogens (primary N) is 1. The summed E-state index contributed by atoms with van der Waals surface area (Å²) in [5.41, 5.74) is 7.95. The third-order valence-corrected chi connectivity index (χ3v) is 3.42. The number of hydrogen-bond acceptors (Lipinski definition) is 2. The summed E-state index contributed by atoms with van der Waals surface area (Å²) in [6.45, 7) is 9.44. The number of benzene rings is 1. The molecule has 0 aliphatic heterocycles. The Bertz CT molecular complexity index is 388. The second kappa shape index (κ2) is 7.49. The van der Waals surface area contributed by atoms with Gasteiger partial charge in [-0.1, -0.05) is 19.8 Å². The van der Waals surface area contributed by atoms with Gasteiger partial charge in [-0.2, -0.15) is 0 Å². The van der Waals surface area contributed by atoms with Gasteiger partial charge in [0, 0.05) is 24.3 Å². The molecule has 108 valence electrons. The minimum atomic E-state index is -0.215. The molecule has 0 heterocycles. The Kier molecular flexibility index (Phi) is 6.29. The Hall–Kier alpha value is -1.09. The van der Waals surface area contributed by atoms with Crippen molar-refractivity contribution in [1.29, 1.82) is 0 Å². The van der Waals surface area contributed by atoms with E-state index in [1.807, 2.05) is 13.0 Å². The zero-order valence-corrected chi connectivity index (χ0v) is 12.6. The first-order valence-electron chi connectivity index (χ1n) is 7.29. The fraction of sp³-hybridized carbons (Fsp3) is 0.625. The molecule has 1 rings (SSSR count). The van der Waals surface area contributed by atoms with E-state index in [1.165, 1.54) is 18.9 Å². The van der Waals surface area contributed by atoms with E-state index in [1.54, 1.807) is 6.07 Å². The molecule has 0 aromatic heterocycles. The van der Waals surface area contributed by atoms with Gasteiger partial charge in [0.15, 0.2) is 0 Å². The van der Waals surface area contributed by atoms with Crippen molar-refractivity contribution < 1.29 is 4.39 Å². The molecule has 2 nitrogen and oxygen atoms in total. The van der Waals surface area contributed by atoms with E-state index in [0.717, 1.165) is 24.2 Å². The summed E-state index contributed by atoms with van der Waals surface area (Å²) in [5, 5.41) is 0. The second-order valence-electron chi connectivity index (χ2n) is 5.49. The van der Waals surface area contributed by atoms with Crippen molar-refractivity contribution in [1.82, 2.24) is 0 Å². The molecule has 0 saturated heterocycles. The fourth-order valence-corrected chi connectivity index (χ4v) is 2.34. The first-order valence-corrected chi connectivity index (χ1v) is 7.29. The van der Waals surface area contributed by atoms with Crippen molar-refractivity contribution in [3.8, 4) is 0 Å². The van der Waals surface area contributed by atoms with Crippen LogP contribution in [0.25, 0.3) is 0 Å². The van der Waals surface area contributed by atoms with Crippen LogP contribution in [-0.2, 0) is 0 Å². The number of anilines is 1. The maximum Gasteiger partial charge on any atom is 0.123 e. The number of halogens is 1. The van der Waals surface area contributed by atoms with Crippen LogP contribution in [0.3, 0.4) is 0 Å². The Morgan fingerprint density at radius 1 is 1.21 bits per heavy atom. The number of unbranched alkanes of at least 4 members (excludes halogenated alkanes) is 2. The lowest BCUT2D eigenvalue weighted by Crippen LogP contribution is -2.33. The molecule has 0 saturated carbocycles. The molecule has 0 unspecified atom stereocenters. The smallest absolute Gasteiger partial charge is 0.123 e. The highest BCUT2D eigenvalue weighted by atomic mass is 19.1. The maximum absolute atomic E-state index is 13.4. The number of nitrogens with zero attached hydrogens (tertiary/aromatic N) is 1. The van der Waals surface area contributed by atoms with Gasteiger partial charge in [-0.25, -0.2) is 4.39 Å². The van der Waals surface area contributed by atoms with Crippen molar-refractivity contribution in [3.63, 3.8) is 0 Å². The Morgan fingerprint density at radius 3 is 2.42 bits per heavy atom. The standard InChI is InChI=1S/C16H27FN2/c1-5-6-7-10-19(12(2)3)16-9-8-14(17)11-15(16)13(4)18/h8-9,11-13H,5-7,10,18H2,1-4H3/t13-/m1/s1. The van der Waals surface area contributed by atoms with Crippen molar-refractivity contribution in [3.05, 3.63) is 29.6 Å². The molecular weight excluding hydrogens is 239 g/mol. The highest BCUT2D eigenvalue weighted by Crippen LogP contribution is 2.28. The van der Waals surface area contributed by atoms with Crippen molar-refractivity contribution in [2.24, 2.45) is 5.73 Å².